The maximum Gasteiger partial charge on any atom is 0.338 e. The summed E-state index contributed by atoms with van der Waals surface area (Å²) in [7, 11) is -3.08. The number of aryl methyl sites for hydroxylation is 1. The summed E-state index contributed by atoms with van der Waals surface area (Å²) in [5.41, 5.74) is 1.31. The topological polar surface area (TPSA) is 114 Å². The van der Waals surface area contributed by atoms with E-state index in [1.807, 2.05) is 6.92 Å². The van der Waals surface area contributed by atoms with Crippen molar-refractivity contribution < 1.29 is 41.1 Å². The first-order valence-electron chi connectivity index (χ1n) is 12.0. The Bertz CT molecular complexity index is 1370. The fourth-order valence-corrected chi connectivity index (χ4v) is 5.60. The molecule has 5 unspecified atom stereocenters. The maximum atomic E-state index is 13.3. The molecule has 0 bridgehead atoms. The van der Waals surface area contributed by atoms with Gasteiger partial charge in [-0.2, -0.15) is 8.42 Å². The van der Waals surface area contributed by atoms with Gasteiger partial charge in [-0.1, -0.05) is 70.0 Å². The van der Waals surface area contributed by atoms with Gasteiger partial charge < -0.3 is 18.9 Å². The van der Waals surface area contributed by atoms with E-state index in [0.717, 1.165) is 5.56 Å². The molecule has 0 amide bonds. The summed E-state index contributed by atoms with van der Waals surface area (Å²) in [6, 6.07) is 22.4. The minimum Gasteiger partial charge on any atom is -0.452 e. The van der Waals surface area contributed by atoms with Crippen LogP contribution in [0.4, 0.5) is 0 Å². The molecular weight excluding hydrogens is 592 g/mol. The Morgan fingerprint density at radius 1 is 0.795 bits per heavy atom. The van der Waals surface area contributed by atoms with Crippen LogP contribution in [0.15, 0.2) is 89.8 Å². The number of halogens is 1. The molecule has 1 saturated heterocycles. The molecule has 9 nitrogen and oxygen atoms in total. The number of ether oxygens (including phenoxy) is 4. The summed E-state index contributed by atoms with van der Waals surface area (Å²) in [5.74, 6) is -1.49. The van der Waals surface area contributed by atoms with E-state index in [4.69, 9.17) is 23.1 Å². The summed E-state index contributed by atoms with van der Waals surface area (Å²) in [4.78, 5) is 26.1. The van der Waals surface area contributed by atoms with Crippen molar-refractivity contribution >= 4 is 38.0 Å². The van der Waals surface area contributed by atoms with Gasteiger partial charge in [0.2, 0.25) is 0 Å². The smallest absolute Gasteiger partial charge is 0.338 e. The van der Waals surface area contributed by atoms with Crippen LogP contribution in [0.5, 0.6) is 0 Å². The van der Waals surface area contributed by atoms with Gasteiger partial charge in [-0.15, -0.1) is 0 Å². The molecule has 0 spiro atoms. The van der Waals surface area contributed by atoms with Crippen molar-refractivity contribution in [2.24, 2.45) is 0 Å². The van der Waals surface area contributed by atoms with Gasteiger partial charge in [-0.25, -0.2) is 9.59 Å². The number of carbonyl (C=O) groups excluding carboxylic acids is 2. The van der Waals surface area contributed by atoms with Crippen LogP contribution in [-0.4, -0.2) is 63.5 Å². The Morgan fingerprint density at radius 2 is 1.31 bits per heavy atom. The van der Waals surface area contributed by atoms with Gasteiger partial charge in [0, 0.05) is 12.4 Å². The van der Waals surface area contributed by atoms with Crippen LogP contribution in [0.3, 0.4) is 0 Å². The quantitative estimate of drug-likeness (QED) is 0.197. The molecule has 0 aromatic heterocycles. The minimum absolute atomic E-state index is 0.114. The monoisotopic (exact) mass is 618 g/mol. The van der Waals surface area contributed by atoms with Gasteiger partial charge in [0.1, 0.15) is 6.10 Å². The Labute approximate surface area is 235 Å². The van der Waals surface area contributed by atoms with Crippen molar-refractivity contribution in [3.63, 3.8) is 0 Å². The SMILES string of the molecule is COC1OC(CBr)C(OC(=O)c2ccccc2)C(OC(=O)c2ccccc2)C1OS(=O)(=O)c1ccc(C)cc1. The molecule has 5 atom stereocenters. The molecule has 0 aliphatic carbocycles. The molecule has 206 valence electrons. The first kappa shape index (κ1) is 28.9. The Kier molecular flexibility index (Phi) is 9.52. The van der Waals surface area contributed by atoms with Crippen LogP contribution >= 0.6 is 15.9 Å². The largest absolute Gasteiger partial charge is 0.452 e. The minimum atomic E-state index is -4.38. The van der Waals surface area contributed by atoms with Gasteiger partial charge in [-0.3, -0.25) is 4.18 Å². The van der Waals surface area contributed by atoms with E-state index in [-0.39, 0.29) is 21.4 Å². The number of rotatable bonds is 9. The molecule has 0 N–H and O–H groups in total. The molecule has 4 rings (SSSR count). The first-order chi connectivity index (χ1) is 18.7. The normalized spacial score (nSPS) is 23.1. The molecule has 1 aliphatic heterocycles. The Hall–Kier alpha value is -3.09. The molecule has 0 radical (unpaired) electrons. The van der Waals surface area contributed by atoms with Gasteiger partial charge in [-0.05, 0) is 43.3 Å². The lowest BCUT2D eigenvalue weighted by molar-refractivity contribution is -0.276. The van der Waals surface area contributed by atoms with Crippen LogP contribution in [0.2, 0.25) is 0 Å². The van der Waals surface area contributed by atoms with E-state index >= 15 is 0 Å². The number of alkyl halides is 1. The van der Waals surface area contributed by atoms with E-state index in [1.165, 1.54) is 19.2 Å². The molecule has 1 fully saturated rings. The third-order valence-electron chi connectivity index (χ3n) is 6.03. The van der Waals surface area contributed by atoms with Crippen molar-refractivity contribution in [3.05, 3.63) is 102 Å². The molecule has 1 heterocycles. The van der Waals surface area contributed by atoms with E-state index < -0.39 is 52.8 Å². The lowest BCUT2D eigenvalue weighted by atomic mass is 9.99. The highest BCUT2D eigenvalue weighted by molar-refractivity contribution is 9.09. The van der Waals surface area contributed by atoms with Crippen molar-refractivity contribution in [1.82, 2.24) is 0 Å². The van der Waals surface area contributed by atoms with E-state index in [9.17, 15) is 18.0 Å². The molecule has 0 saturated carbocycles. The summed E-state index contributed by atoms with van der Waals surface area (Å²) in [5, 5.41) is 0.149. The van der Waals surface area contributed by atoms with Crippen molar-refractivity contribution in [2.45, 2.75) is 42.5 Å². The average molecular weight is 619 g/mol. The third kappa shape index (κ3) is 6.92. The van der Waals surface area contributed by atoms with Crippen LogP contribution in [0, 0.1) is 6.92 Å². The van der Waals surface area contributed by atoms with Crippen LogP contribution < -0.4 is 0 Å². The molecular formula is C28H27BrO9S. The van der Waals surface area contributed by atoms with Gasteiger partial charge in [0.25, 0.3) is 10.1 Å². The summed E-state index contributed by atoms with van der Waals surface area (Å²) >= 11 is 3.35. The van der Waals surface area contributed by atoms with Crippen molar-refractivity contribution in [2.75, 3.05) is 12.4 Å². The van der Waals surface area contributed by atoms with E-state index in [0.29, 0.717) is 0 Å². The zero-order valence-electron chi connectivity index (χ0n) is 21.1. The molecule has 39 heavy (non-hydrogen) atoms. The van der Waals surface area contributed by atoms with Gasteiger partial charge in [0.05, 0.1) is 16.0 Å². The number of benzene rings is 3. The third-order valence-corrected chi connectivity index (χ3v) is 7.99. The number of hydrogen-bond acceptors (Lipinski definition) is 9. The van der Waals surface area contributed by atoms with E-state index in [1.54, 1.807) is 72.8 Å². The Balaban J connectivity index is 1.73. The van der Waals surface area contributed by atoms with Gasteiger partial charge in [0.15, 0.2) is 24.6 Å². The van der Waals surface area contributed by atoms with Gasteiger partial charge >= 0.3 is 11.9 Å². The lowest BCUT2D eigenvalue weighted by Crippen LogP contribution is -2.62. The highest BCUT2D eigenvalue weighted by Gasteiger charge is 2.53. The zero-order valence-corrected chi connectivity index (χ0v) is 23.5. The molecule has 3 aromatic rings. The highest BCUT2D eigenvalue weighted by Crippen LogP contribution is 2.33. The second-order valence-corrected chi connectivity index (χ2v) is 11.0. The standard InChI is InChI=1S/C28H27BrO9S/c1-18-13-15-21(16-14-18)39(32,33)38-25-24(37-27(31)20-11-7-4-8-12-20)23(22(17-29)35-28(25)34-2)36-26(30)19-9-5-3-6-10-19/h3-16,22-25,28H,17H2,1-2H3. The predicted molar refractivity (Wildman–Crippen MR) is 144 cm³/mol. The van der Waals surface area contributed by atoms with Crippen molar-refractivity contribution in [1.29, 1.82) is 0 Å². The Morgan fingerprint density at radius 3 is 1.79 bits per heavy atom. The number of esters is 2. The number of carbonyl (C=O) groups is 2. The fourth-order valence-electron chi connectivity index (χ4n) is 4.01. The molecule has 3 aromatic carbocycles. The predicted octanol–water partition coefficient (Wildman–Crippen LogP) is 4.29. The summed E-state index contributed by atoms with van der Waals surface area (Å²) < 4.78 is 55.1. The maximum absolute atomic E-state index is 13.3. The molecule has 1 aliphatic rings. The second-order valence-electron chi connectivity index (χ2n) is 8.73. The zero-order chi connectivity index (χ0) is 28.0. The second kappa shape index (κ2) is 12.8. The molecule has 11 heteroatoms. The van der Waals surface area contributed by atoms with E-state index in [2.05, 4.69) is 15.9 Å². The fraction of sp³-hybridized carbons (Fsp3) is 0.286. The first-order valence-corrected chi connectivity index (χ1v) is 14.5. The van der Waals surface area contributed by atoms with Crippen LogP contribution in [0.1, 0.15) is 26.3 Å². The number of methoxy groups -OCH3 is 1. The summed E-state index contributed by atoms with van der Waals surface area (Å²) in [6.07, 6.45) is -6.36. The highest BCUT2D eigenvalue weighted by atomic mass is 79.9. The van der Waals surface area contributed by atoms with Crippen LogP contribution in [0.25, 0.3) is 0 Å². The number of hydrogen-bond donors (Lipinski definition) is 0. The van der Waals surface area contributed by atoms with Crippen LogP contribution in [-0.2, 0) is 33.2 Å². The lowest BCUT2D eigenvalue weighted by Gasteiger charge is -2.43. The summed E-state index contributed by atoms with van der Waals surface area (Å²) in [6.45, 7) is 1.82. The van der Waals surface area contributed by atoms with Crippen molar-refractivity contribution in [3.8, 4) is 0 Å². The average Bonchev–Trinajstić information content (AvgIpc) is 2.95.